The number of hydrogen-bond donors (Lipinski definition) is 0. The Kier molecular flexibility index (Phi) is 3.13. The van der Waals surface area contributed by atoms with Crippen molar-refractivity contribution in [3.05, 3.63) is 30.1 Å². The third-order valence-electron chi connectivity index (χ3n) is 6.01. The quantitative estimate of drug-likeness (QED) is 0.835. The van der Waals surface area contributed by atoms with E-state index in [4.69, 9.17) is 0 Å². The third-order valence-corrected chi connectivity index (χ3v) is 6.01. The molecule has 2 nitrogen and oxygen atoms in total. The van der Waals surface area contributed by atoms with Crippen LogP contribution in [-0.2, 0) is 11.2 Å². The molecule has 0 aromatic carbocycles. The Balaban J connectivity index is 1.40. The zero-order valence-electron chi connectivity index (χ0n) is 12.0. The number of aromatic nitrogens is 1. The lowest BCUT2D eigenvalue weighted by molar-refractivity contribution is -0.123. The smallest absolute Gasteiger partial charge is 0.137 e. The summed E-state index contributed by atoms with van der Waals surface area (Å²) in [6.07, 6.45) is 12.1. The van der Waals surface area contributed by atoms with Gasteiger partial charge in [-0.1, -0.05) is 6.07 Å². The SMILES string of the molecule is O=C(Cc1cccnc1)CC1C2CC3CC(C2)CC1C3. The Hall–Kier alpha value is -1.18. The van der Waals surface area contributed by atoms with Crippen LogP contribution in [0.5, 0.6) is 0 Å². The Bertz CT molecular complexity index is 467. The molecule has 4 fully saturated rings. The van der Waals surface area contributed by atoms with E-state index in [-0.39, 0.29) is 0 Å². The number of pyridine rings is 1. The fraction of sp³-hybridized carbons (Fsp3) is 0.667. The molecule has 4 bridgehead atoms. The molecule has 5 rings (SSSR count). The van der Waals surface area contributed by atoms with E-state index in [9.17, 15) is 4.79 Å². The number of carbonyl (C=O) groups is 1. The van der Waals surface area contributed by atoms with E-state index in [1.807, 2.05) is 18.3 Å². The van der Waals surface area contributed by atoms with Crippen LogP contribution in [0.1, 0.15) is 44.1 Å². The van der Waals surface area contributed by atoms with E-state index in [0.29, 0.717) is 18.1 Å². The van der Waals surface area contributed by atoms with E-state index in [0.717, 1.165) is 35.7 Å². The monoisotopic (exact) mass is 269 g/mol. The molecule has 0 amide bonds. The maximum absolute atomic E-state index is 12.4. The number of nitrogens with zero attached hydrogens (tertiary/aromatic N) is 1. The standard InChI is InChI=1S/C18H23NO/c20-17(9-12-2-1-3-19-11-12)10-18-15-5-13-4-14(7-15)8-16(18)6-13/h1-3,11,13-16,18H,4-10H2. The summed E-state index contributed by atoms with van der Waals surface area (Å²) in [5.41, 5.74) is 1.07. The molecule has 0 aliphatic heterocycles. The second-order valence-electron chi connectivity index (χ2n) is 7.38. The van der Waals surface area contributed by atoms with Gasteiger partial charge in [0.05, 0.1) is 0 Å². The van der Waals surface area contributed by atoms with Crippen LogP contribution in [0.4, 0.5) is 0 Å². The topological polar surface area (TPSA) is 30.0 Å². The molecule has 1 aromatic heterocycles. The maximum Gasteiger partial charge on any atom is 0.137 e. The fourth-order valence-electron chi connectivity index (χ4n) is 5.44. The summed E-state index contributed by atoms with van der Waals surface area (Å²) >= 11 is 0. The van der Waals surface area contributed by atoms with Crippen molar-refractivity contribution in [2.75, 3.05) is 0 Å². The van der Waals surface area contributed by atoms with Gasteiger partial charge in [-0.2, -0.15) is 0 Å². The molecule has 20 heavy (non-hydrogen) atoms. The Labute approximate surface area is 121 Å². The summed E-state index contributed by atoms with van der Waals surface area (Å²) < 4.78 is 0. The van der Waals surface area contributed by atoms with E-state index < -0.39 is 0 Å². The third kappa shape index (κ3) is 2.30. The van der Waals surface area contributed by atoms with E-state index in [1.54, 1.807) is 6.20 Å². The zero-order valence-corrected chi connectivity index (χ0v) is 12.0. The molecule has 106 valence electrons. The van der Waals surface area contributed by atoms with Gasteiger partial charge in [-0.15, -0.1) is 0 Å². The average molecular weight is 269 g/mol. The summed E-state index contributed by atoms with van der Waals surface area (Å²) in [6.45, 7) is 0. The summed E-state index contributed by atoms with van der Waals surface area (Å²) in [5.74, 6) is 4.86. The molecule has 0 N–H and O–H groups in total. The van der Waals surface area contributed by atoms with Crippen LogP contribution in [0, 0.1) is 29.6 Å². The minimum Gasteiger partial charge on any atom is -0.299 e. The zero-order chi connectivity index (χ0) is 13.5. The summed E-state index contributed by atoms with van der Waals surface area (Å²) in [4.78, 5) is 16.5. The minimum atomic E-state index is 0.426. The number of Topliss-reactive ketones (excluding diaryl/α,β-unsaturated/α-hetero) is 1. The van der Waals surface area contributed by atoms with Crippen molar-refractivity contribution in [2.24, 2.45) is 29.6 Å². The first kappa shape index (κ1) is 12.6. The molecular weight excluding hydrogens is 246 g/mol. The summed E-state index contributed by atoms with van der Waals surface area (Å²) in [5, 5.41) is 0. The van der Waals surface area contributed by atoms with Gasteiger partial charge in [-0.3, -0.25) is 9.78 Å². The van der Waals surface area contributed by atoms with E-state index in [2.05, 4.69) is 4.98 Å². The van der Waals surface area contributed by atoms with Gasteiger partial charge in [-0.25, -0.2) is 0 Å². The minimum absolute atomic E-state index is 0.426. The Morgan fingerprint density at radius 3 is 2.40 bits per heavy atom. The van der Waals surface area contributed by atoms with Crippen molar-refractivity contribution in [1.82, 2.24) is 4.98 Å². The second kappa shape index (κ2) is 4.98. The van der Waals surface area contributed by atoms with Crippen LogP contribution >= 0.6 is 0 Å². The van der Waals surface area contributed by atoms with Crippen molar-refractivity contribution < 1.29 is 4.79 Å². The lowest BCUT2D eigenvalue weighted by atomic mass is 9.51. The number of hydrogen-bond acceptors (Lipinski definition) is 2. The van der Waals surface area contributed by atoms with Crippen molar-refractivity contribution >= 4 is 5.78 Å². The van der Waals surface area contributed by atoms with E-state index in [1.165, 1.54) is 32.1 Å². The average Bonchev–Trinajstić information content (AvgIpc) is 2.43. The van der Waals surface area contributed by atoms with Crippen molar-refractivity contribution in [3.63, 3.8) is 0 Å². The number of rotatable bonds is 4. The Morgan fingerprint density at radius 2 is 1.80 bits per heavy atom. The summed E-state index contributed by atoms with van der Waals surface area (Å²) in [7, 11) is 0. The first-order valence-corrected chi connectivity index (χ1v) is 8.18. The van der Waals surface area contributed by atoms with Crippen LogP contribution in [-0.4, -0.2) is 10.8 Å². The molecule has 4 saturated carbocycles. The molecule has 0 radical (unpaired) electrons. The van der Waals surface area contributed by atoms with Gasteiger partial charge in [0.15, 0.2) is 0 Å². The lowest BCUT2D eigenvalue weighted by Gasteiger charge is -2.54. The van der Waals surface area contributed by atoms with Crippen LogP contribution in [0.15, 0.2) is 24.5 Å². The van der Waals surface area contributed by atoms with Gasteiger partial charge in [0.1, 0.15) is 5.78 Å². The van der Waals surface area contributed by atoms with Gasteiger partial charge >= 0.3 is 0 Å². The van der Waals surface area contributed by atoms with Crippen LogP contribution < -0.4 is 0 Å². The highest BCUT2D eigenvalue weighted by Crippen LogP contribution is 2.57. The highest BCUT2D eigenvalue weighted by atomic mass is 16.1. The molecule has 1 aromatic rings. The highest BCUT2D eigenvalue weighted by Gasteiger charge is 2.48. The fourth-order valence-corrected chi connectivity index (χ4v) is 5.44. The van der Waals surface area contributed by atoms with Crippen LogP contribution in [0.3, 0.4) is 0 Å². The maximum atomic E-state index is 12.4. The number of ketones is 1. The molecule has 4 aliphatic carbocycles. The molecular formula is C18H23NO. The van der Waals surface area contributed by atoms with Crippen LogP contribution in [0.2, 0.25) is 0 Å². The van der Waals surface area contributed by atoms with Gasteiger partial charge in [-0.05, 0) is 73.3 Å². The van der Waals surface area contributed by atoms with Crippen LogP contribution in [0.25, 0.3) is 0 Å². The Morgan fingerprint density at radius 1 is 1.10 bits per heavy atom. The van der Waals surface area contributed by atoms with E-state index >= 15 is 0 Å². The molecule has 0 atom stereocenters. The van der Waals surface area contributed by atoms with Crippen molar-refractivity contribution in [3.8, 4) is 0 Å². The summed E-state index contributed by atoms with van der Waals surface area (Å²) in [6, 6.07) is 3.94. The lowest BCUT2D eigenvalue weighted by Crippen LogP contribution is -2.45. The molecule has 1 heterocycles. The van der Waals surface area contributed by atoms with Gasteiger partial charge in [0.2, 0.25) is 0 Å². The first-order valence-electron chi connectivity index (χ1n) is 8.18. The molecule has 2 heteroatoms. The predicted molar refractivity (Wildman–Crippen MR) is 78.1 cm³/mol. The van der Waals surface area contributed by atoms with Gasteiger partial charge < -0.3 is 0 Å². The molecule has 0 spiro atoms. The second-order valence-corrected chi connectivity index (χ2v) is 7.38. The molecule has 0 saturated heterocycles. The molecule has 4 aliphatic rings. The largest absolute Gasteiger partial charge is 0.299 e. The first-order chi connectivity index (χ1) is 9.78. The number of carbonyl (C=O) groups excluding carboxylic acids is 1. The van der Waals surface area contributed by atoms with Crippen molar-refractivity contribution in [2.45, 2.75) is 44.9 Å². The predicted octanol–water partition coefficient (Wildman–Crippen LogP) is 3.66. The highest BCUT2D eigenvalue weighted by molar-refractivity contribution is 5.81. The van der Waals surface area contributed by atoms with Crippen molar-refractivity contribution in [1.29, 1.82) is 0 Å². The van der Waals surface area contributed by atoms with Gasteiger partial charge in [0.25, 0.3) is 0 Å². The normalized spacial score (nSPS) is 38.1. The van der Waals surface area contributed by atoms with Gasteiger partial charge in [0, 0.05) is 25.2 Å². The molecule has 0 unspecified atom stereocenters.